The Morgan fingerprint density at radius 3 is 2.96 bits per heavy atom. The average molecular weight is 369 g/mol. The number of thiophene rings is 1. The number of rotatable bonds is 7. The molecule has 6 nitrogen and oxygen atoms in total. The Kier molecular flexibility index (Phi) is 5.48. The van der Waals surface area contributed by atoms with E-state index < -0.39 is 0 Å². The summed E-state index contributed by atoms with van der Waals surface area (Å²) in [7, 11) is 3.31. The van der Waals surface area contributed by atoms with Crippen molar-refractivity contribution in [3.05, 3.63) is 65.4 Å². The van der Waals surface area contributed by atoms with Gasteiger partial charge in [0.1, 0.15) is 5.75 Å². The van der Waals surface area contributed by atoms with E-state index in [9.17, 15) is 4.79 Å². The molecule has 0 saturated carbocycles. The van der Waals surface area contributed by atoms with Crippen molar-refractivity contribution in [2.75, 3.05) is 14.2 Å². The number of methoxy groups -OCH3 is 1. The predicted octanol–water partition coefficient (Wildman–Crippen LogP) is 3.81. The van der Waals surface area contributed by atoms with Crippen LogP contribution in [0.1, 0.15) is 21.8 Å². The van der Waals surface area contributed by atoms with E-state index >= 15 is 0 Å². The zero-order valence-corrected chi connectivity index (χ0v) is 15.5. The summed E-state index contributed by atoms with van der Waals surface area (Å²) in [4.78, 5) is 19.5. The molecular formula is C19H19N3O3S. The van der Waals surface area contributed by atoms with Gasteiger partial charge in [-0.2, -0.15) is 4.98 Å². The van der Waals surface area contributed by atoms with Gasteiger partial charge in [0.05, 0.1) is 18.5 Å². The molecule has 2 aromatic heterocycles. The molecule has 0 saturated heterocycles. The lowest BCUT2D eigenvalue weighted by atomic mass is 10.1. The Morgan fingerprint density at radius 2 is 2.27 bits per heavy atom. The summed E-state index contributed by atoms with van der Waals surface area (Å²) in [5, 5.41) is 5.91. The maximum Gasteiger partial charge on any atom is 0.254 e. The summed E-state index contributed by atoms with van der Waals surface area (Å²) in [5.74, 6) is 1.54. The van der Waals surface area contributed by atoms with Crippen LogP contribution in [-0.4, -0.2) is 35.1 Å². The molecule has 3 aromatic rings. The van der Waals surface area contributed by atoms with E-state index in [1.807, 2.05) is 23.6 Å². The smallest absolute Gasteiger partial charge is 0.254 e. The van der Waals surface area contributed by atoms with Crippen LogP contribution in [0.3, 0.4) is 0 Å². The van der Waals surface area contributed by atoms with E-state index in [-0.39, 0.29) is 12.5 Å². The van der Waals surface area contributed by atoms with Crippen LogP contribution < -0.4 is 4.74 Å². The fraction of sp³-hybridized carbons (Fsp3) is 0.211. The third kappa shape index (κ3) is 3.83. The van der Waals surface area contributed by atoms with Gasteiger partial charge in [0, 0.05) is 12.6 Å². The topological polar surface area (TPSA) is 68.5 Å². The lowest BCUT2D eigenvalue weighted by Crippen LogP contribution is -2.26. The molecule has 0 spiro atoms. The molecule has 0 unspecified atom stereocenters. The SMILES string of the molecule is C=CCc1cc(C(=O)N(C)Cc2nc(-c3cccs3)no2)ccc1OC. The van der Waals surface area contributed by atoms with Crippen molar-refractivity contribution in [3.8, 4) is 16.5 Å². The van der Waals surface area contributed by atoms with E-state index in [0.717, 1.165) is 16.2 Å². The van der Waals surface area contributed by atoms with E-state index in [0.29, 0.717) is 23.7 Å². The van der Waals surface area contributed by atoms with Gasteiger partial charge in [-0.3, -0.25) is 4.79 Å². The lowest BCUT2D eigenvalue weighted by molar-refractivity contribution is 0.0769. The van der Waals surface area contributed by atoms with Gasteiger partial charge in [0.15, 0.2) is 0 Å². The van der Waals surface area contributed by atoms with Gasteiger partial charge < -0.3 is 14.2 Å². The Morgan fingerprint density at radius 1 is 1.42 bits per heavy atom. The molecule has 134 valence electrons. The maximum atomic E-state index is 12.7. The van der Waals surface area contributed by atoms with Gasteiger partial charge in [-0.25, -0.2) is 0 Å². The van der Waals surface area contributed by atoms with Crippen molar-refractivity contribution >= 4 is 17.2 Å². The minimum atomic E-state index is -0.131. The number of allylic oxidation sites excluding steroid dienone is 1. The molecule has 0 N–H and O–H groups in total. The first-order chi connectivity index (χ1) is 12.6. The minimum Gasteiger partial charge on any atom is -0.496 e. The van der Waals surface area contributed by atoms with Crippen molar-refractivity contribution in [2.45, 2.75) is 13.0 Å². The number of ether oxygens (including phenoxy) is 1. The van der Waals surface area contributed by atoms with Crippen LogP contribution in [0.2, 0.25) is 0 Å². The van der Waals surface area contributed by atoms with E-state index in [1.165, 1.54) is 11.3 Å². The Labute approximate surface area is 155 Å². The molecule has 0 fully saturated rings. The number of carbonyl (C=O) groups excluding carboxylic acids is 1. The Hall–Kier alpha value is -2.93. The number of benzene rings is 1. The summed E-state index contributed by atoms with van der Waals surface area (Å²) in [6.45, 7) is 3.98. The highest BCUT2D eigenvalue weighted by Gasteiger charge is 2.17. The first-order valence-electron chi connectivity index (χ1n) is 8.02. The first kappa shape index (κ1) is 17.9. The van der Waals surface area contributed by atoms with Crippen LogP contribution in [0.25, 0.3) is 10.7 Å². The fourth-order valence-corrected chi connectivity index (χ4v) is 3.20. The van der Waals surface area contributed by atoms with Crippen LogP contribution in [0.4, 0.5) is 0 Å². The molecule has 1 aromatic carbocycles. The monoisotopic (exact) mass is 369 g/mol. The number of hydrogen-bond acceptors (Lipinski definition) is 6. The third-order valence-corrected chi connectivity index (χ3v) is 4.69. The van der Waals surface area contributed by atoms with Gasteiger partial charge in [0.25, 0.3) is 5.91 Å². The van der Waals surface area contributed by atoms with Crippen LogP contribution in [0.5, 0.6) is 5.75 Å². The molecule has 0 aliphatic heterocycles. The van der Waals surface area contributed by atoms with Crippen molar-refractivity contribution in [1.82, 2.24) is 15.0 Å². The van der Waals surface area contributed by atoms with Crippen LogP contribution in [0.15, 0.2) is 52.9 Å². The highest BCUT2D eigenvalue weighted by atomic mass is 32.1. The Balaban J connectivity index is 1.73. The van der Waals surface area contributed by atoms with E-state index in [4.69, 9.17) is 9.26 Å². The highest BCUT2D eigenvalue weighted by Crippen LogP contribution is 2.23. The molecule has 0 aliphatic rings. The van der Waals surface area contributed by atoms with Crippen molar-refractivity contribution < 1.29 is 14.1 Å². The average Bonchev–Trinajstić information content (AvgIpc) is 3.32. The fourth-order valence-electron chi connectivity index (χ4n) is 2.55. The summed E-state index contributed by atoms with van der Waals surface area (Å²) in [5.41, 5.74) is 1.49. The molecule has 0 atom stereocenters. The first-order valence-corrected chi connectivity index (χ1v) is 8.90. The Bertz CT molecular complexity index is 903. The largest absolute Gasteiger partial charge is 0.496 e. The van der Waals surface area contributed by atoms with Crippen molar-refractivity contribution in [3.63, 3.8) is 0 Å². The van der Waals surface area contributed by atoms with Gasteiger partial charge in [0.2, 0.25) is 11.7 Å². The van der Waals surface area contributed by atoms with Crippen molar-refractivity contribution in [2.24, 2.45) is 0 Å². The highest BCUT2D eigenvalue weighted by molar-refractivity contribution is 7.13. The molecule has 0 bridgehead atoms. The zero-order valence-electron chi connectivity index (χ0n) is 14.6. The maximum absolute atomic E-state index is 12.7. The van der Waals surface area contributed by atoms with E-state index in [1.54, 1.807) is 37.3 Å². The van der Waals surface area contributed by atoms with Crippen molar-refractivity contribution in [1.29, 1.82) is 0 Å². The molecule has 7 heteroatoms. The van der Waals surface area contributed by atoms with Gasteiger partial charge in [-0.1, -0.05) is 17.3 Å². The summed E-state index contributed by atoms with van der Waals surface area (Å²) < 4.78 is 10.6. The number of nitrogens with zero attached hydrogens (tertiary/aromatic N) is 3. The number of aromatic nitrogens is 2. The molecule has 26 heavy (non-hydrogen) atoms. The second-order valence-electron chi connectivity index (χ2n) is 5.67. The number of hydrogen-bond donors (Lipinski definition) is 0. The molecule has 2 heterocycles. The molecule has 0 aliphatic carbocycles. The number of amides is 1. The summed E-state index contributed by atoms with van der Waals surface area (Å²) in [6.07, 6.45) is 2.40. The van der Waals surface area contributed by atoms with Crippen LogP contribution in [0, 0.1) is 0 Å². The van der Waals surface area contributed by atoms with Gasteiger partial charge >= 0.3 is 0 Å². The third-order valence-electron chi connectivity index (χ3n) is 3.82. The normalized spacial score (nSPS) is 10.5. The number of carbonyl (C=O) groups is 1. The molecule has 0 radical (unpaired) electrons. The van der Waals surface area contributed by atoms with Gasteiger partial charge in [-0.15, -0.1) is 17.9 Å². The lowest BCUT2D eigenvalue weighted by Gasteiger charge is -2.16. The zero-order chi connectivity index (χ0) is 18.5. The van der Waals surface area contributed by atoms with E-state index in [2.05, 4.69) is 16.7 Å². The second-order valence-corrected chi connectivity index (χ2v) is 6.62. The van der Waals surface area contributed by atoms with Crippen LogP contribution >= 0.6 is 11.3 Å². The predicted molar refractivity (Wildman–Crippen MR) is 100 cm³/mol. The molecular weight excluding hydrogens is 350 g/mol. The quantitative estimate of drug-likeness (QED) is 0.593. The minimum absolute atomic E-state index is 0.131. The second kappa shape index (κ2) is 7.97. The van der Waals surface area contributed by atoms with Crippen LogP contribution in [-0.2, 0) is 13.0 Å². The summed E-state index contributed by atoms with van der Waals surface area (Å²) >= 11 is 1.54. The standard InChI is InChI=1S/C19H19N3O3S/c1-4-6-13-11-14(8-9-15(13)24-3)19(23)22(2)12-17-20-18(21-25-17)16-7-5-10-26-16/h4-5,7-11H,1,6,12H2,2-3H3. The molecule has 3 rings (SSSR count). The van der Waals surface area contributed by atoms with Gasteiger partial charge in [-0.05, 0) is 41.6 Å². The summed E-state index contributed by atoms with van der Waals surface area (Å²) in [6, 6.07) is 9.21. The molecule has 1 amide bonds.